The maximum atomic E-state index is 14.4. The highest BCUT2D eigenvalue weighted by Crippen LogP contribution is 2.33. The average molecular weight is 375 g/mol. The standard InChI is InChI=1S/C16H15BrClF2N/c1-2-9-21-16(10-5-3-6-11(17)15(10)20)14-12(18)7-4-8-13(14)19/h3-8,16,21H,2,9H2,1H3. The van der Waals surface area contributed by atoms with Crippen LogP contribution in [0.1, 0.15) is 30.5 Å². The Balaban J connectivity index is 2.55. The molecule has 2 aromatic rings. The number of rotatable bonds is 5. The fourth-order valence-electron chi connectivity index (χ4n) is 2.19. The Morgan fingerprint density at radius 3 is 2.57 bits per heavy atom. The van der Waals surface area contributed by atoms with Crippen molar-refractivity contribution in [1.29, 1.82) is 0 Å². The van der Waals surface area contributed by atoms with Gasteiger partial charge >= 0.3 is 0 Å². The first kappa shape index (κ1) is 16.4. The number of benzene rings is 2. The molecule has 0 aromatic heterocycles. The lowest BCUT2D eigenvalue weighted by Crippen LogP contribution is -2.25. The molecule has 0 fully saturated rings. The Morgan fingerprint density at radius 2 is 1.90 bits per heavy atom. The largest absolute Gasteiger partial charge is 0.306 e. The van der Waals surface area contributed by atoms with Crippen molar-refractivity contribution in [3.8, 4) is 0 Å². The molecule has 2 rings (SSSR count). The van der Waals surface area contributed by atoms with Gasteiger partial charge in [-0.3, -0.25) is 0 Å². The summed E-state index contributed by atoms with van der Waals surface area (Å²) >= 11 is 9.29. The molecule has 0 aliphatic rings. The molecule has 1 N–H and O–H groups in total. The molecule has 0 amide bonds. The van der Waals surface area contributed by atoms with Crippen LogP contribution < -0.4 is 5.32 Å². The molecule has 0 radical (unpaired) electrons. The van der Waals surface area contributed by atoms with Gasteiger partial charge in [-0.25, -0.2) is 8.78 Å². The third-order valence-corrected chi connectivity index (χ3v) is 4.12. The molecular formula is C16H15BrClF2N. The van der Waals surface area contributed by atoms with Crippen LogP contribution in [0, 0.1) is 11.6 Å². The Bertz CT molecular complexity index is 613. The van der Waals surface area contributed by atoms with Gasteiger partial charge in [0.2, 0.25) is 0 Å². The molecule has 1 nitrogen and oxygen atoms in total. The van der Waals surface area contributed by atoms with Crippen molar-refractivity contribution in [2.24, 2.45) is 0 Å². The van der Waals surface area contributed by atoms with Crippen LogP contribution in [0.5, 0.6) is 0 Å². The van der Waals surface area contributed by atoms with Crippen LogP contribution in [0.25, 0.3) is 0 Å². The molecule has 0 saturated heterocycles. The highest BCUT2D eigenvalue weighted by atomic mass is 79.9. The summed E-state index contributed by atoms with van der Waals surface area (Å²) in [6.45, 7) is 2.62. The van der Waals surface area contributed by atoms with Crippen molar-refractivity contribution >= 4 is 27.5 Å². The van der Waals surface area contributed by atoms with E-state index in [-0.39, 0.29) is 10.6 Å². The van der Waals surface area contributed by atoms with Gasteiger partial charge in [-0.1, -0.05) is 36.7 Å². The first-order valence-corrected chi connectivity index (χ1v) is 7.84. The van der Waals surface area contributed by atoms with E-state index >= 15 is 0 Å². The van der Waals surface area contributed by atoms with Crippen LogP contribution in [-0.4, -0.2) is 6.54 Å². The first-order valence-electron chi connectivity index (χ1n) is 6.67. The Labute approximate surface area is 136 Å². The van der Waals surface area contributed by atoms with E-state index in [1.54, 1.807) is 24.3 Å². The summed E-state index contributed by atoms with van der Waals surface area (Å²) in [5.74, 6) is -0.860. The first-order chi connectivity index (χ1) is 10.1. The molecule has 112 valence electrons. The summed E-state index contributed by atoms with van der Waals surface area (Å²) < 4.78 is 28.9. The van der Waals surface area contributed by atoms with Gasteiger partial charge in [0, 0.05) is 16.1 Å². The molecule has 21 heavy (non-hydrogen) atoms. The summed E-state index contributed by atoms with van der Waals surface area (Å²) in [6.07, 6.45) is 0.845. The van der Waals surface area contributed by atoms with Crippen molar-refractivity contribution < 1.29 is 8.78 Å². The zero-order valence-electron chi connectivity index (χ0n) is 11.5. The number of halogens is 4. The molecule has 2 aromatic carbocycles. The van der Waals surface area contributed by atoms with Crippen molar-refractivity contribution in [2.75, 3.05) is 6.54 Å². The lowest BCUT2D eigenvalue weighted by Gasteiger charge is -2.22. The zero-order valence-corrected chi connectivity index (χ0v) is 13.8. The van der Waals surface area contributed by atoms with Gasteiger partial charge in [0.05, 0.1) is 10.5 Å². The highest BCUT2D eigenvalue weighted by molar-refractivity contribution is 9.10. The summed E-state index contributed by atoms with van der Waals surface area (Å²) in [7, 11) is 0. The van der Waals surface area contributed by atoms with Crippen LogP contribution in [0.3, 0.4) is 0 Å². The van der Waals surface area contributed by atoms with E-state index in [1.165, 1.54) is 12.1 Å². The lowest BCUT2D eigenvalue weighted by molar-refractivity contribution is 0.518. The summed E-state index contributed by atoms with van der Waals surface area (Å²) in [5.41, 5.74) is 0.634. The van der Waals surface area contributed by atoms with E-state index in [1.807, 2.05) is 6.92 Å². The predicted octanol–water partition coefficient (Wildman–Crippen LogP) is 5.47. The van der Waals surface area contributed by atoms with E-state index in [2.05, 4.69) is 21.2 Å². The zero-order chi connectivity index (χ0) is 15.4. The number of hydrogen-bond acceptors (Lipinski definition) is 1. The van der Waals surface area contributed by atoms with Gasteiger partial charge in [0.1, 0.15) is 11.6 Å². The molecular weight excluding hydrogens is 360 g/mol. The Hall–Kier alpha value is -0.970. The SMILES string of the molecule is CCCNC(c1cccc(Br)c1F)c1c(F)cccc1Cl. The smallest absolute Gasteiger partial charge is 0.142 e. The van der Waals surface area contributed by atoms with E-state index in [0.717, 1.165) is 6.42 Å². The van der Waals surface area contributed by atoms with Gasteiger partial charge in [-0.15, -0.1) is 0 Å². The van der Waals surface area contributed by atoms with E-state index < -0.39 is 17.7 Å². The van der Waals surface area contributed by atoms with Crippen LogP contribution in [0.2, 0.25) is 5.02 Å². The van der Waals surface area contributed by atoms with E-state index in [0.29, 0.717) is 16.6 Å². The van der Waals surface area contributed by atoms with Crippen molar-refractivity contribution in [3.05, 3.63) is 68.7 Å². The third kappa shape index (κ3) is 3.62. The molecule has 0 aliphatic heterocycles. The predicted molar refractivity (Wildman–Crippen MR) is 85.6 cm³/mol. The van der Waals surface area contributed by atoms with Gasteiger partial charge < -0.3 is 5.32 Å². The minimum Gasteiger partial charge on any atom is -0.306 e. The molecule has 0 saturated carbocycles. The molecule has 0 aliphatic carbocycles. The second kappa shape index (κ2) is 7.34. The van der Waals surface area contributed by atoms with Crippen molar-refractivity contribution in [3.63, 3.8) is 0 Å². The van der Waals surface area contributed by atoms with Crippen LogP contribution in [0.4, 0.5) is 8.78 Å². The van der Waals surface area contributed by atoms with Crippen LogP contribution in [-0.2, 0) is 0 Å². The topological polar surface area (TPSA) is 12.0 Å². The molecule has 0 bridgehead atoms. The minimum absolute atomic E-state index is 0.268. The third-order valence-electron chi connectivity index (χ3n) is 3.18. The average Bonchev–Trinajstić information content (AvgIpc) is 2.45. The van der Waals surface area contributed by atoms with Crippen LogP contribution >= 0.6 is 27.5 Å². The fraction of sp³-hybridized carbons (Fsp3) is 0.250. The van der Waals surface area contributed by atoms with Crippen molar-refractivity contribution in [1.82, 2.24) is 5.32 Å². The summed E-state index contributed by atoms with van der Waals surface area (Å²) in [4.78, 5) is 0. The molecule has 5 heteroatoms. The molecule has 0 spiro atoms. The fourth-order valence-corrected chi connectivity index (χ4v) is 2.84. The lowest BCUT2D eigenvalue weighted by atomic mass is 9.97. The summed E-state index contributed by atoms with van der Waals surface area (Å²) in [5, 5.41) is 3.45. The monoisotopic (exact) mass is 373 g/mol. The molecule has 1 unspecified atom stereocenters. The maximum absolute atomic E-state index is 14.4. The molecule has 0 heterocycles. The van der Waals surface area contributed by atoms with Crippen molar-refractivity contribution in [2.45, 2.75) is 19.4 Å². The number of nitrogens with one attached hydrogen (secondary N) is 1. The van der Waals surface area contributed by atoms with Gasteiger partial charge in [0.25, 0.3) is 0 Å². The second-order valence-electron chi connectivity index (χ2n) is 4.67. The molecule has 1 atom stereocenters. The Kier molecular flexibility index (Phi) is 5.73. The van der Waals surface area contributed by atoms with Gasteiger partial charge in [0.15, 0.2) is 0 Å². The normalized spacial score (nSPS) is 12.4. The van der Waals surface area contributed by atoms with Gasteiger partial charge in [-0.05, 0) is 47.1 Å². The summed E-state index contributed by atoms with van der Waals surface area (Å²) in [6, 6.07) is 8.81. The Morgan fingerprint density at radius 1 is 1.19 bits per heavy atom. The van der Waals surface area contributed by atoms with E-state index in [9.17, 15) is 8.78 Å². The minimum atomic E-state index is -0.629. The second-order valence-corrected chi connectivity index (χ2v) is 5.93. The maximum Gasteiger partial charge on any atom is 0.142 e. The van der Waals surface area contributed by atoms with Gasteiger partial charge in [-0.2, -0.15) is 0 Å². The van der Waals surface area contributed by atoms with E-state index in [4.69, 9.17) is 11.6 Å². The quantitative estimate of drug-likeness (QED) is 0.732. The van der Waals surface area contributed by atoms with Crippen LogP contribution in [0.15, 0.2) is 40.9 Å². The highest BCUT2D eigenvalue weighted by Gasteiger charge is 2.23. The number of hydrogen-bond donors (Lipinski definition) is 1.